The lowest BCUT2D eigenvalue weighted by Gasteiger charge is -2.20. The highest BCUT2D eigenvalue weighted by atomic mass is 32.5. The molecule has 0 unspecified atom stereocenters. The maximum Gasteiger partial charge on any atom is 0.380 e. The molecule has 0 aliphatic carbocycles. The van der Waals surface area contributed by atoms with E-state index in [1.54, 1.807) is 11.8 Å². The van der Waals surface area contributed by atoms with Crippen LogP contribution in [0.5, 0.6) is 5.75 Å². The Balaban J connectivity index is 3.06. The predicted molar refractivity (Wildman–Crippen MR) is 71.9 cm³/mol. The molecule has 1 aromatic rings. The summed E-state index contributed by atoms with van der Waals surface area (Å²) < 4.78 is 15.9. The van der Waals surface area contributed by atoms with Crippen molar-refractivity contribution in [2.75, 3.05) is 20.5 Å². The molecule has 3 nitrogen and oxygen atoms in total. The van der Waals surface area contributed by atoms with Gasteiger partial charge in [0.1, 0.15) is 5.75 Å². The van der Waals surface area contributed by atoms with Crippen LogP contribution in [0.15, 0.2) is 23.1 Å². The Labute approximate surface area is 106 Å². The predicted octanol–water partition coefficient (Wildman–Crippen LogP) is 3.61. The van der Waals surface area contributed by atoms with Crippen LogP contribution in [0.25, 0.3) is 0 Å². The van der Waals surface area contributed by atoms with Gasteiger partial charge in [-0.15, -0.1) is 11.8 Å². The third-order valence-electron chi connectivity index (χ3n) is 2.04. The van der Waals surface area contributed by atoms with Crippen LogP contribution in [0, 0.1) is 6.92 Å². The molecule has 0 aliphatic heterocycles. The van der Waals surface area contributed by atoms with Gasteiger partial charge >= 0.3 is 6.72 Å². The summed E-state index contributed by atoms with van der Waals surface area (Å²) in [5.41, 5.74) is 1.15. The molecule has 0 amide bonds. The lowest BCUT2D eigenvalue weighted by atomic mass is 10.2. The van der Waals surface area contributed by atoms with E-state index in [0.29, 0.717) is 0 Å². The zero-order valence-electron chi connectivity index (χ0n) is 9.72. The van der Waals surface area contributed by atoms with E-state index in [-0.39, 0.29) is 0 Å². The molecule has 0 radical (unpaired) electrons. The lowest BCUT2D eigenvalue weighted by Crippen LogP contribution is -1.98. The normalized spacial score (nSPS) is 11.5. The minimum absolute atomic E-state index is 0.722. The van der Waals surface area contributed by atoms with Gasteiger partial charge in [0.05, 0.1) is 4.90 Å². The van der Waals surface area contributed by atoms with Crippen LogP contribution in [-0.2, 0) is 20.9 Å². The molecule has 0 saturated carbocycles. The first-order chi connectivity index (χ1) is 7.56. The van der Waals surface area contributed by atoms with Gasteiger partial charge in [-0.05, 0) is 24.8 Å². The summed E-state index contributed by atoms with van der Waals surface area (Å²) in [5.74, 6) is 0.722. The van der Waals surface area contributed by atoms with Crippen molar-refractivity contribution in [1.82, 2.24) is 0 Å². The van der Waals surface area contributed by atoms with Crippen LogP contribution in [0.2, 0.25) is 0 Å². The number of aryl methyl sites for hydroxylation is 1. The van der Waals surface area contributed by atoms with Gasteiger partial charge in [-0.3, -0.25) is 0 Å². The average molecular weight is 278 g/mol. The standard InChI is InChI=1S/C10H15O3PS2/c1-8-6-5-7-9(10(8)16-4)13-14(15,11-2)12-3/h5-7H,1-4H3. The molecule has 0 atom stereocenters. The van der Waals surface area contributed by atoms with Crippen molar-refractivity contribution in [2.45, 2.75) is 11.8 Å². The molecule has 16 heavy (non-hydrogen) atoms. The first-order valence-corrected chi connectivity index (χ1v) is 8.39. The maximum absolute atomic E-state index is 5.66. The van der Waals surface area contributed by atoms with Crippen molar-refractivity contribution in [3.05, 3.63) is 23.8 Å². The Bertz CT molecular complexity index is 401. The molecule has 0 spiro atoms. The summed E-state index contributed by atoms with van der Waals surface area (Å²) in [6.07, 6.45) is 2.00. The molecular weight excluding hydrogens is 263 g/mol. The van der Waals surface area contributed by atoms with Crippen LogP contribution in [0.4, 0.5) is 0 Å². The Morgan fingerprint density at radius 3 is 2.38 bits per heavy atom. The largest absolute Gasteiger partial charge is 0.423 e. The molecule has 1 rings (SSSR count). The zero-order chi connectivity index (χ0) is 12.2. The summed E-state index contributed by atoms with van der Waals surface area (Å²) >= 11 is 6.79. The molecule has 0 aromatic heterocycles. The van der Waals surface area contributed by atoms with Crippen LogP contribution in [0.1, 0.15) is 5.56 Å². The second kappa shape index (κ2) is 6.03. The first-order valence-electron chi connectivity index (χ1n) is 4.61. The molecule has 1 aromatic carbocycles. The fourth-order valence-corrected chi connectivity index (χ4v) is 2.92. The van der Waals surface area contributed by atoms with Crippen LogP contribution < -0.4 is 4.52 Å². The molecule has 0 aliphatic rings. The molecule has 0 bridgehead atoms. The minimum Gasteiger partial charge on any atom is -0.423 e. The van der Waals surface area contributed by atoms with Crippen molar-refractivity contribution in [2.24, 2.45) is 0 Å². The Kier molecular flexibility index (Phi) is 5.28. The summed E-state index contributed by atoms with van der Waals surface area (Å²) in [5, 5.41) is 0. The molecule has 0 N–H and O–H groups in total. The molecular formula is C10H15O3PS2. The van der Waals surface area contributed by atoms with Crippen molar-refractivity contribution in [3.63, 3.8) is 0 Å². The number of thioether (sulfide) groups is 1. The van der Waals surface area contributed by atoms with Crippen molar-refractivity contribution in [3.8, 4) is 5.75 Å². The second-order valence-corrected chi connectivity index (χ2v) is 6.98. The third-order valence-corrected chi connectivity index (χ3v) is 5.40. The van der Waals surface area contributed by atoms with Gasteiger partial charge in [0, 0.05) is 26.0 Å². The number of benzene rings is 1. The number of hydrogen-bond donors (Lipinski definition) is 0. The van der Waals surface area contributed by atoms with Gasteiger partial charge in [-0.25, -0.2) is 0 Å². The molecule has 0 fully saturated rings. The molecule has 90 valence electrons. The van der Waals surface area contributed by atoms with Gasteiger partial charge in [0.25, 0.3) is 0 Å². The van der Waals surface area contributed by atoms with Crippen molar-refractivity contribution in [1.29, 1.82) is 0 Å². The van der Waals surface area contributed by atoms with Gasteiger partial charge in [0.15, 0.2) is 0 Å². The van der Waals surface area contributed by atoms with Gasteiger partial charge in [-0.2, -0.15) is 0 Å². The number of hydrogen-bond acceptors (Lipinski definition) is 5. The molecule has 0 saturated heterocycles. The van der Waals surface area contributed by atoms with E-state index in [0.717, 1.165) is 16.2 Å². The highest BCUT2D eigenvalue weighted by Crippen LogP contribution is 2.50. The topological polar surface area (TPSA) is 27.7 Å². The smallest absolute Gasteiger partial charge is 0.380 e. The Morgan fingerprint density at radius 1 is 1.25 bits per heavy atom. The quantitative estimate of drug-likeness (QED) is 0.606. The van der Waals surface area contributed by atoms with Crippen LogP contribution in [-0.4, -0.2) is 20.5 Å². The van der Waals surface area contributed by atoms with E-state index in [4.69, 9.17) is 25.4 Å². The Morgan fingerprint density at radius 2 is 1.88 bits per heavy atom. The van der Waals surface area contributed by atoms with E-state index in [1.807, 2.05) is 31.4 Å². The molecule has 0 heterocycles. The first kappa shape index (κ1) is 14.0. The van der Waals surface area contributed by atoms with Crippen molar-refractivity contribution < 1.29 is 13.6 Å². The van der Waals surface area contributed by atoms with Crippen LogP contribution >= 0.6 is 18.5 Å². The van der Waals surface area contributed by atoms with E-state index in [2.05, 4.69) is 0 Å². The summed E-state index contributed by atoms with van der Waals surface area (Å²) in [6.45, 7) is -0.613. The van der Waals surface area contributed by atoms with Crippen LogP contribution in [0.3, 0.4) is 0 Å². The highest BCUT2D eigenvalue weighted by Gasteiger charge is 2.20. The monoisotopic (exact) mass is 278 g/mol. The van der Waals surface area contributed by atoms with Gasteiger partial charge < -0.3 is 13.6 Å². The second-order valence-electron chi connectivity index (χ2n) is 3.01. The SMILES string of the molecule is COP(=S)(OC)Oc1cccc(C)c1SC. The van der Waals surface area contributed by atoms with E-state index >= 15 is 0 Å². The average Bonchev–Trinajstić information content (AvgIpc) is 2.29. The zero-order valence-corrected chi connectivity index (χ0v) is 12.2. The fraction of sp³-hybridized carbons (Fsp3) is 0.400. The van der Waals surface area contributed by atoms with E-state index < -0.39 is 6.72 Å². The maximum atomic E-state index is 5.66. The molecule has 6 heteroatoms. The summed E-state index contributed by atoms with van der Waals surface area (Å²) in [4.78, 5) is 1.06. The summed E-state index contributed by atoms with van der Waals surface area (Å²) in [6, 6.07) is 5.83. The third kappa shape index (κ3) is 3.22. The van der Waals surface area contributed by atoms with Gasteiger partial charge in [-0.1, -0.05) is 12.1 Å². The van der Waals surface area contributed by atoms with Gasteiger partial charge in [0.2, 0.25) is 0 Å². The fourth-order valence-electron chi connectivity index (χ4n) is 1.23. The van der Waals surface area contributed by atoms with E-state index in [1.165, 1.54) is 14.2 Å². The number of rotatable bonds is 5. The Hall–Kier alpha value is -0.0600. The summed E-state index contributed by atoms with van der Waals surface area (Å²) in [7, 11) is 3.00. The van der Waals surface area contributed by atoms with E-state index in [9.17, 15) is 0 Å². The lowest BCUT2D eigenvalue weighted by molar-refractivity contribution is 0.271. The minimum atomic E-state index is -2.64. The highest BCUT2D eigenvalue weighted by molar-refractivity contribution is 8.07. The van der Waals surface area contributed by atoms with Crippen molar-refractivity contribution >= 4 is 30.3 Å².